The fourth-order valence-electron chi connectivity index (χ4n) is 3.90. The van der Waals surface area contributed by atoms with Crippen molar-refractivity contribution in [3.63, 3.8) is 0 Å². The molecular formula is C24H21N5O. The average Bonchev–Trinajstić information content (AvgIpc) is 3.07. The van der Waals surface area contributed by atoms with Crippen molar-refractivity contribution in [2.45, 2.75) is 26.8 Å². The van der Waals surface area contributed by atoms with Crippen LogP contribution in [0.15, 0.2) is 66.0 Å². The molecule has 0 saturated heterocycles. The van der Waals surface area contributed by atoms with Crippen LogP contribution >= 0.6 is 0 Å². The molecular weight excluding hydrogens is 374 g/mol. The lowest BCUT2D eigenvalue weighted by Crippen LogP contribution is -2.24. The fraction of sp³-hybridized carbons (Fsp3) is 0.167. The molecule has 148 valence electrons. The number of aryl methyl sites for hydroxylation is 2. The summed E-state index contributed by atoms with van der Waals surface area (Å²) in [6, 6.07) is 15.8. The lowest BCUT2D eigenvalue weighted by molar-refractivity contribution is 0.698. The zero-order valence-electron chi connectivity index (χ0n) is 17.0. The number of benzene rings is 2. The average molecular weight is 395 g/mol. The van der Waals surface area contributed by atoms with Gasteiger partial charge in [-0.15, -0.1) is 6.58 Å². The molecule has 0 N–H and O–H groups in total. The number of fused-ring (bicyclic) bond motifs is 4. The van der Waals surface area contributed by atoms with Crippen molar-refractivity contribution < 1.29 is 0 Å². The summed E-state index contributed by atoms with van der Waals surface area (Å²) in [5.41, 5.74) is 5.28. The predicted molar refractivity (Wildman–Crippen MR) is 120 cm³/mol. The van der Waals surface area contributed by atoms with Gasteiger partial charge in [0.05, 0.1) is 11.0 Å². The summed E-state index contributed by atoms with van der Waals surface area (Å²) in [4.78, 5) is 28.1. The highest BCUT2D eigenvalue weighted by Gasteiger charge is 2.22. The standard InChI is InChI=1S/C24H21N5O/c1-4-14-28-19(5-2)27-22-20(24(28)30)21-23(26-18-9-7-6-8-17(18)25-21)29(22)16-12-10-15(3)11-13-16/h4,6-13H,1,5,14H2,2-3H3. The first-order valence-corrected chi connectivity index (χ1v) is 10.0. The van der Waals surface area contributed by atoms with E-state index in [0.717, 1.165) is 22.3 Å². The molecule has 0 atom stereocenters. The Morgan fingerprint density at radius 3 is 2.33 bits per heavy atom. The maximum absolute atomic E-state index is 13.5. The maximum atomic E-state index is 13.5. The number of allylic oxidation sites excluding steroid dienone is 1. The molecule has 0 amide bonds. The largest absolute Gasteiger partial charge is 0.292 e. The van der Waals surface area contributed by atoms with E-state index < -0.39 is 0 Å². The Labute approximate surface area is 173 Å². The molecule has 0 aliphatic rings. The first-order valence-electron chi connectivity index (χ1n) is 10.0. The Hall–Kier alpha value is -3.80. The SMILES string of the molecule is C=CCn1c(CC)nc2c(c1=O)c1nc3ccccc3nc1n2-c1ccc(C)cc1. The molecule has 3 heterocycles. The summed E-state index contributed by atoms with van der Waals surface area (Å²) in [5.74, 6) is 0.716. The van der Waals surface area contributed by atoms with Crippen LogP contribution in [0.3, 0.4) is 0 Å². The molecule has 0 unspecified atom stereocenters. The molecule has 0 spiro atoms. The van der Waals surface area contributed by atoms with Gasteiger partial charge in [-0.25, -0.2) is 15.0 Å². The molecule has 6 heteroatoms. The van der Waals surface area contributed by atoms with Crippen molar-refractivity contribution >= 4 is 33.2 Å². The molecule has 0 saturated carbocycles. The summed E-state index contributed by atoms with van der Waals surface area (Å²) in [7, 11) is 0. The van der Waals surface area contributed by atoms with Crippen LogP contribution in [0.25, 0.3) is 38.9 Å². The highest BCUT2D eigenvalue weighted by atomic mass is 16.1. The minimum Gasteiger partial charge on any atom is -0.292 e. The third-order valence-corrected chi connectivity index (χ3v) is 5.36. The number of nitrogens with zero attached hydrogens (tertiary/aromatic N) is 5. The molecule has 0 bridgehead atoms. The maximum Gasteiger partial charge on any atom is 0.265 e. The van der Waals surface area contributed by atoms with Crippen molar-refractivity contribution in [1.29, 1.82) is 0 Å². The van der Waals surface area contributed by atoms with Gasteiger partial charge < -0.3 is 0 Å². The highest BCUT2D eigenvalue weighted by molar-refractivity contribution is 6.05. The summed E-state index contributed by atoms with van der Waals surface area (Å²) in [6.07, 6.45) is 2.35. The van der Waals surface area contributed by atoms with E-state index in [1.807, 2.05) is 66.9 Å². The van der Waals surface area contributed by atoms with Gasteiger partial charge in [-0.05, 0) is 31.2 Å². The van der Waals surface area contributed by atoms with Crippen LogP contribution in [-0.4, -0.2) is 24.1 Å². The van der Waals surface area contributed by atoms with E-state index in [9.17, 15) is 4.79 Å². The summed E-state index contributed by atoms with van der Waals surface area (Å²) < 4.78 is 3.62. The summed E-state index contributed by atoms with van der Waals surface area (Å²) in [6.45, 7) is 8.24. The second kappa shape index (κ2) is 6.91. The zero-order chi connectivity index (χ0) is 20.8. The molecule has 30 heavy (non-hydrogen) atoms. The van der Waals surface area contributed by atoms with Gasteiger partial charge >= 0.3 is 0 Å². The Kier molecular flexibility index (Phi) is 4.20. The normalized spacial score (nSPS) is 11.5. The fourth-order valence-corrected chi connectivity index (χ4v) is 3.90. The van der Waals surface area contributed by atoms with Gasteiger partial charge in [0.15, 0.2) is 11.3 Å². The zero-order valence-corrected chi connectivity index (χ0v) is 17.0. The van der Waals surface area contributed by atoms with Crippen LogP contribution in [0.4, 0.5) is 0 Å². The summed E-state index contributed by atoms with van der Waals surface area (Å²) >= 11 is 0. The van der Waals surface area contributed by atoms with Gasteiger partial charge in [-0.3, -0.25) is 13.9 Å². The van der Waals surface area contributed by atoms with E-state index in [1.54, 1.807) is 10.6 Å². The third-order valence-electron chi connectivity index (χ3n) is 5.36. The van der Waals surface area contributed by atoms with Crippen LogP contribution in [-0.2, 0) is 13.0 Å². The molecule has 5 rings (SSSR count). The van der Waals surface area contributed by atoms with Crippen LogP contribution in [0, 0.1) is 6.92 Å². The number of para-hydroxylation sites is 2. The quantitative estimate of drug-likeness (QED) is 0.425. The van der Waals surface area contributed by atoms with Crippen LogP contribution in [0.5, 0.6) is 0 Å². The molecule has 0 aliphatic heterocycles. The Bertz CT molecular complexity index is 1490. The van der Waals surface area contributed by atoms with Gasteiger partial charge in [0, 0.05) is 18.7 Å². The number of hydrogen-bond donors (Lipinski definition) is 0. The highest BCUT2D eigenvalue weighted by Crippen LogP contribution is 2.28. The van der Waals surface area contributed by atoms with Crippen molar-refractivity contribution in [1.82, 2.24) is 24.1 Å². The topological polar surface area (TPSA) is 65.6 Å². The number of hydrogen-bond acceptors (Lipinski definition) is 4. The minimum absolute atomic E-state index is 0.114. The Balaban J connectivity index is 2.02. The van der Waals surface area contributed by atoms with E-state index in [2.05, 4.69) is 6.58 Å². The van der Waals surface area contributed by atoms with Gasteiger partial charge in [0.25, 0.3) is 5.56 Å². The second-order valence-corrected chi connectivity index (χ2v) is 7.34. The van der Waals surface area contributed by atoms with Crippen molar-refractivity contribution in [2.24, 2.45) is 0 Å². The van der Waals surface area contributed by atoms with Gasteiger partial charge in [-0.2, -0.15) is 0 Å². The molecule has 3 aromatic heterocycles. The van der Waals surface area contributed by atoms with Gasteiger partial charge in [0.1, 0.15) is 16.7 Å². The minimum atomic E-state index is -0.114. The van der Waals surface area contributed by atoms with Crippen molar-refractivity contribution in [2.75, 3.05) is 0 Å². The Morgan fingerprint density at radius 2 is 1.67 bits per heavy atom. The monoisotopic (exact) mass is 395 g/mol. The van der Waals surface area contributed by atoms with Gasteiger partial charge in [0.2, 0.25) is 0 Å². The van der Waals surface area contributed by atoms with E-state index >= 15 is 0 Å². The Morgan fingerprint density at radius 1 is 0.967 bits per heavy atom. The third kappa shape index (κ3) is 2.64. The lowest BCUT2D eigenvalue weighted by Gasteiger charge is -2.11. The lowest BCUT2D eigenvalue weighted by atomic mass is 10.2. The van der Waals surface area contributed by atoms with Crippen LogP contribution in [0.1, 0.15) is 18.3 Å². The van der Waals surface area contributed by atoms with E-state index in [1.165, 1.54) is 0 Å². The number of aromatic nitrogens is 5. The second-order valence-electron chi connectivity index (χ2n) is 7.34. The first-order chi connectivity index (χ1) is 14.6. The van der Waals surface area contributed by atoms with Crippen molar-refractivity contribution in [3.05, 3.63) is 82.9 Å². The molecule has 0 fully saturated rings. The molecule has 0 aliphatic carbocycles. The van der Waals surface area contributed by atoms with E-state index in [4.69, 9.17) is 15.0 Å². The van der Waals surface area contributed by atoms with E-state index in [-0.39, 0.29) is 5.56 Å². The smallest absolute Gasteiger partial charge is 0.265 e. The van der Waals surface area contributed by atoms with E-state index in [0.29, 0.717) is 41.0 Å². The molecule has 6 nitrogen and oxygen atoms in total. The van der Waals surface area contributed by atoms with Crippen molar-refractivity contribution in [3.8, 4) is 5.69 Å². The molecule has 2 aromatic carbocycles. The molecule has 0 radical (unpaired) electrons. The van der Waals surface area contributed by atoms with Crippen LogP contribution in [0.2, 0.25) is 0 Å². The first kappa shape index (κ1) is 18.2. The van der Waals surface area contributed by atoms with Crippen LogP contribution < -0.4 is 5.56 Å². The van der Waals surface area contributed by atoms with Gasteiger partial charge in [-0.1, -0.05) is 42.8 Å². The summed E-state index contributed by atoms with van der Waals surface area (Å²) in [5, 5.41) is 0.489. The molecule has 5 aromatic rings. The number of rotatable bonds is 4. The predicted octanol–water partition coefficient (Wildman–Crippen LogP) is 4.34.